The molecule has 2 aliphatic rings. The molecule has 1 atom stereocenters. The molecule has 2 heterocycles. The summed E-state index contributed by atoms with van der Waals surface area (Å²) in [4.78, 5) is 26.0. The van der Waals surface area contributed by atoms with E-state index in [0.717, 1.165) is 21.2 Å². The van der Waals surface area contributed by atoms with Gasteiger partial charge in [0.1, 0.15) is 5.82 Å². The summed E-state index contributed by atoms with van der Waals surface area (Å²) in [6.07, 6.45) is 0.983. The first-order valence-electron chi connectivity index (χ1n) is 10.6. The summed E-state index contributed by atoms with van der Waals surface area (Å²) in [5.41, 5.74) is 9.55. The van der Waals surface area contributed by atoms with Crippen LogP contribution in [-0.4, -0.2) is 16.5 Å². The summed E-state index contributed by atoms with van der Waals surface area (Å²) in [5.74, 6) is 0.642. The summed E-state index contributed by atoms with van der Waals surface area (Å²) >= 11 is 3.29. The molecule has 0 fully saturated rings. The highest BCUT2D eigenvalue weighted by Gasteiger charge is 2.45. The first kappa shape index (κ1) is 23.1. The van der Waals surface area contributed by atoms with E-state index in [4.69, 9.17) is 5.73 Å². The number of thioether (sulfide) groups is 1. The Balaban J connectivity index is 1.96. The number of Topliss-reactive ketones (excluding diaryl/α,β-unsaturated/α-hetero) is 1. The lowest BCUT2D eigenvalue weighted by Crippen LogP contribution is -2.42. The lowest BCUT2D eigenvalue weighted by Gasteiger charge is -2.43. The van der Waals surface area contributed by atoms with Gasteiger partial charge < -0.3 is 5.73 Å². The Morgan fingerprint density at radius 1 is 1.30 bits per heavy atom. The second-order valence-corrected chi connectivity index (χ2v) is 11.3. The van der Waals surface area contributed by atoms with Crippen LogP contribution in [0.4, 0.5) is 11.4 Å². The predicted octanol–water partition coefficient (Wildman–Crippen LogP) is 5.71. The van der Waals surface area contributed by atoms with Gasteiger partial charge in [0.15, 0.2) is 5.78 Å². The van der Waals surface area contributed by atoms with Gasteiger partial charge in [-0.2, -0.15) is 5.26 Å². The number of allylic oxidation sites excluding steroid dienone is 3. The number of benzene rings is 1. The minimum absolute atomic E-state index is 0.0112. The quantitative estimate of drug-likeness (QED) is 0.331. The van der Waals surface area contributed by atoms with E-state index in [-0.39, 0.29) is 22.7 Å². The number of nitrogens with zero attached hydrogens (tertiary/aromatic N) is 3. The molecule has 1 aliphatic heterocycles. The fourth-order valence-electron chi connectivity index (χ4n) is 4.61. The maximum Gasteiger partial charge on any atom is 0.269 e. The number of non-ortho nitro benzene ring substituents is 1. The number of thiophene rings is 1. The van der Waals surface area contributed by atoms with Crippen LogP contribution in [0.2, 0.25) is 0 Å². The molecule has 0 saturated heterocycles. The second-order valence-electron chi connectivity index (χ2n) is 8.85. The average Bonchev–Trinajstić information content (AvgIpc) is 3.20. The molecule has 1 aliphatic carbocycles. The van der Waals surface area contributed by atoms with Crippen LogP contribution >= 0.6 is 23.1 Å². The molecule has 1 aromatic carbocycles. The van der Waals surface area contributed by atoms with Gasteiger partial charge in [-0.1, -0.05) is 20.8 Å². The van der Waals surface area contributed by atoms with Crippen molar-refractivity contribution in [2.75, 3.05) is 10.7 Å². The van der Waals surface area contributed by atoms with Gasteiger partial charge in [0.25, 0.3) is 5.69 Å². The van der Waals surface area contributed by atoms with Crippen molar-refractivity contribution >= 4 is 40.3 Å². The van der Waals surface area contributed by atoms with E-state index in [2.05, 4.69) is 13.0 Å². The van der Waals surface area contributed by atoms with Crippen LogP contribution in [0, 0.1) is 26.9 Å². The van der Waals surface area contributed by atoms with E-state index in [1.165, 1.54) is 12.1 Å². The van der Waals surface area contributed by atoms with Gasteiger partial charge in [-0.25, -0.2) is 0 Å². The normalized spacial score (nSPS) is 20.0. The first-order chi connectivity index (χ1) is 15.7. The summed E-state index contributed by atoms with van der Waals surface area (Å²) in [6, 6.07) is 10.3. The lowest BCUT2D eigenvalue weighted by atomic mass is 9.69. The van der Waals surface area contributed by atoms with Gasteiger partial charge in [-0.3, -0.25) is 19.8 Å². The van der Waals surface area contributed by atoms with Crippen molar-refractivity contribution in [1.29, 1.82) is 5.26 Å². The SMILES string of the molecule is CCSc1sccc1C1C(C#N)=C(N)N(c2ccc([N+](=O)[O-])cc2)C2=C1C(=O)CC(C)(C)C2. The summed E-state index contributed by atoms with van der Waals surface area (Å²) in [5, 5.41) is 23.3. The number of rotatable bonds is 5. The lowest BCUT2D eigenvalue weighted by molar-refractivity contribution is -0.384. The van der Waals surface area contributed by atoms with Crippen molar-refractivity contribution in [3.8, 4) is 6.07 Å². The molecule has 4 rings (SSSR count). The van der Waals surface area contributed by atoms with Crippen LogP contribution in [0.25, 0.3) is 0 Å². The molecule has 0 amide bonds. The van der Waals surface area contributed by atoms with Gasteiger partial charge in [0.05, 0.1) is 26.7 Å². The van der Waals surface area contributed by atoms with Gasteiger partial charge in [0.2, 0.25) is 0 Å². The van der Waals surface area contributed by atoms with E-state index in [1.807, 2.05) is 25.3 Å². The van der Waals surface area contributed by atoms with E-state index < -0.39 is 10.8 Å². The Bertz CT molecular complexity index is 1240. The maximum atomic E-state index is 13.6. The summed E-state index contributed by atoms with van der Waals surface area (Å²) in [6.45, 7) is 6.15. The highest BCUT2D eigenvalue weighted by Crippen LogP contribution is 2.52. The molecule has 33 heavy (non-hydrogen) atoms. The topological polar surface area (TPSA) is 113 Å². The van der Waals surface area contributed by atoms with E-state index in [0.29, 0.717) is 29.7 Å². The molecule has 0 radical (unpaired) electrons. The number of carbonyl (C=O) groups excluding carboxylic acids is 1. The molecule has 0 saturated carbocycles. The average molecular weight is 481 g/mol. The van der Waals surface area contributed by atoms with E-state index in [9.17, 15) is 20.2 Å². The van der Waals surface area contributed by atoms with Crippen molar-refractivity contribution in [2.45, 2.75) is 43.7 Å². The Kier molecular flexibility index (Phi) is 6.08. The smallest absolute Gasteiger partial charge is 0.269 e. The third-order valence-corrected chi connectivity index (χ3v) is 8.10. The molecule has 7 nitrogen and oxygen atoms in total. The predicted molar refractivity (Wildman–Crippen MR) is 131 cm³/mol. The molecule has 2 aromatic rings. The van der Waals surface area contributed by atoms with E-state index in [1.54, 1.807) is 40.1 Å². The van der Waals surface area contributed by atoms with Crippen LogP contribution in [0.5, 0.6) is 0 Å². The van der Waals surface area contributed by atoms with Gasteiger partial charge >= 0.3 is 0 Å². The van der Waals surface area contributed by atoms with Crippen LogP contribution in [0.3, 0.4) is 0 Å². The molecule has 1 unspecified atom stereocenters. The molecular formula is C24H24N4O3S2. The molecule has 0 bridgehead atoms. The van der Waals surface area contributed by atoms with Crippen LogP contribution < -0.4 is 10.6 Å². The second kappa shape index (κ2) is 8.69. The Hall–Kier alpha value is -3.09. The number of nitriles is 1. The highest BCUT2D eigenvalue weighted by atomic mass is 32.2. The number of nitro benzene ring substituents is 1. The van der Waals surface area contributed by atoms with Crippen molar-refractivity contribution in [1.82, 2.24) is 0 Å². The minimum atomic E-state index is -0.511. The van der Waals surface area contributed by atoms with Crippen molar-refractivity contribution in [3.63, 3.8) is 0 Å². The number of nitrogens with two attached hydrogens (primary N) is 1. The number of anilines is 1. The molecule has 9 heteroatoms. The zero-order chi connectivity index (χ0) is 23.9. The van der Waals surface area contributed by atoms with Crippen molar-refractivity contribution in [2.24, 2.45) is 11.1 Å². The first-order valence-corrected chi connectivity index (χ1v) is 12.5. The largest absolute Gasteiger partial charge is 0.384 e. The van der Waals surface area contributed by atoms with Gasteiger partial charge in [0, 0.05) is 35.5 Å². The van der Waals surface area contributed by atoms with E-state index >= 15 is 0 Å². The number of nitro groups is 1. The minimum Gasteiger partial charge on any atom is -0.384 e. The standard InChI is InChI=1S/C24H24N4O3S2/c1-4-32-23-16(9-10-33-23)20-17(13-25)22(26)27(14-5-7-15(8-6-14)28(30)31)18-11-24(2,3)12-19(29)21(18)20/h5-10,20H,4,11-12,26H2,1-3H3. The summed E-state index contributed by atoms with van der Waals surface area (Å²) in [7, 11) is 0. The monoisotopic (exact) mass is 480 g/mol. The number of hydrogen-bond donors (Lipinski definition) is 1. The zero-order valence-electron chi connectivity index (χ0n) is 18.6. The Labute approximate surface area is 200 Å². The number of carbonyl (C=O) groups is 1. The molecule has 1 aromatic heterocycles. The van der Waals surface area contributed by atoms with Crippen LogP contribution in [0.15, 0.2) is 62.6 Å². The Morgan fingerprint density at radius 2 is 2.00 bits per heavy atom. The van der Waals surface area contributed by atoms with Crippen molar-refractivity contribution in [3.05, 3.63) is 74.1 Å². The third kappa shape index (κ3) is 4.05. The molecule has 170 valence electrons. The van der Waals surface area contributed by atoms with Gasteiger partial charge in [-0.05, 0) is 46.7 Å². The fraction of sp³-hybridized carbons (Fsp3) is 0.333. The van der Waals surface area contributed by atoms with Crippen LogP contribution in [-0.2, 0) is 4.79 Å². The fourth-order valence-corrected chi connectivity index (χ4v) is 6.67. The van der Waals surface area contributed by atoms with Gasteiger partial charge in [-0.15, -0.1) is 23.1 Å². The van der Waals surface area contributed by atoms with Crippen LogP contribution in [0.1, 0.15) is 45.1 Å². The molecule has 2 N–H and O–H groups in total. The number of ketones is 1. The molecular weight excluding hydrogens is 456 g/mol. The highest BCUT2D eigenvalue weighted by molar-refractivity contribution is 8.01. The molecule has 0 spiro atoms. The third-order valence-electron chi connectivity index (χ3n) is 5.94. The zero-order valence-corrected chi connectivity index (χ0v) is 20.3. The maximum absolute atomic E-state index is 13.6. The van der Waals surface area contributed by atoms with Crippen molar-refractivity contribution < 1.29 is 9.72 Å². The number of hydrogen-bond acceptors (Lipinski definition) is 8. The Morgan fingerprint density at radius 3 is 2.61 bits per heavy atom. The summed E-state index contributed by atoms with van der Waals surface area (Å²) < 4.78 is 1.08.